The number of fused-ring (bicyclic) bond motifs is 1. The molecule has 0 saturated heterocycles. The van der Waals surface area contributed by atoms with Crippen molar-refractivity contribution >= 4 is 34.4 Å². The van der Waals surface area contributed by atoms with E-state index in [9.17, 15) is 9.59 Å². The summed E-state index contributed by atoms with van der Waals surface area (Å²) < 4.78 is 0. The second-order valence-electron chi connectivity index (χ2n) is 4.27. The zero-order chi connectivity index (χ0) is 14.0. The van der Waals surface area contributed by atoms with Crippen LogP contribution in [0, 0.1) is 0 Å². The van der Waals surface area contributed by atoms with Crippen LogP contribution in [0.2, 0.25) is 5.02 Å². The predicted molar refractivity (Wildman–Crippen MR) is 72.3 cm³/mol. The fourth-order valence-electron chi connectivity index (χ4n) is 2.01. The van der Waals surface area contributed by atoms with Crippen LogP contribution >= 0.6 is 11.6 Å². The van der Waals surface area contributed by atoms with Crippen LogP contribution in [0.5, 0.6) is 0 Å². The first-order valence-electron chi connectivity index (χ1n) is 5.73. The zero-order valence-corrected chi connectivity index (χ0v) is 11.0. The maximum absolute atomic E-state index is 11.1. The van der Waals surface area contributed by atoms with Crippen LogP contribution in [-0.2, 0) is 16.0 Å². The topological polar surface area (TPSA) is 82.2 Å². The summed E-state index contributed by atoms with van der Waals surface area (Å²) in [6.45, 7) is 1.29. The number of carboxylic acid groups (broad SMARTS) is 1. The average molecular weight is 281 g/mol. The van der Waals surface area contributed by atoms with Gasteiger partial charge in [-0.2, -0.15) is 0 Å². The average Bonchev–Trinajstić information content (AvgIpc) is 2.72. The van der Waals surface area contributed by atoms with Gasteiger partial charge in [-0.3, -0.25) is 4.79 Å². The van der Waals surface area contributed by atoms with Crippen LogP contribution in [0.15, 0.2) is 24.4 Å². The number of aromatic nitrogens is 1. The maximum Gasteiger partial charge on any atom is 0.326 e. The van der Waals surface area contributed by atoms with Gasteiger partial charge >= 0.3 is 5.97 Å². The van der Waals surface area contributed by atoms with E-state index in [1.807, 2.05) is 6.07 Å². The summed E-state index contributed by atoms with van der Waals surface area (Å²) in [6.07, 6.45) is 1.92. The molecule has 5 nitrogen and oxygen atoms in total. The van der Waals surface area contributed by atoms with Gasteiger partial charge in [0.2, 0.25) is 5.91 Å². The number of hydrogen-bond donors (Lipinski definition) is 3. The van der Waals surface area contributed by atoms with Gasteiger partial charge in [-0.1, -0.05) is 23.7 Å². The Morgan fingerprint density at radius 1 is 1.47 bits per heavy atom. The van der Waals surface area contributed by atoms with Gasteiger partial charge in [0.15, 0.2) is 0 Å². The minimum atomic E-state index is -1.06. The summed E-state index contributed by atoms with van der Waals surface area (Å²) in [7, 11) is 0. The van der Waals surface area contributed by atoms with Crippen LogP contribution in [0.3, 0.4) is 0 Å². The van der Waals surface area contributed by atoms with E-state index in [4.69, 9.17) is 16.7 Å². The molecule has 19 heavy (non-hydrogen) atoms. The van der Waals surface area contributed by atoms with Crippen molar-refractivity contribution in [3.05, 3.63) is 35.0 Å². The van der Waals surface area contributed by atoms with E-state index in [0.717, 1.165) is 16.5 Å². The van der Waals surface area contributed by atoms with E-state index in [2.05, 4.69) is 10.3 Å². The van der Waals surface area contributed by atoms with Crippen molar-refractivity contribution < 1.29 is 14.7 Å². The highest BCUT2D eigenvalue weighted by Gasteiger charge is 2.20. The predicted octanol–water partition coefficient (Wildman–Crippen LogP) is 1.95. The molecular formula is C13H13ClN2O3. The zero-order valence-electron chi connectivity index (χ0n) is 10.2. The SMILES string of the molecule is CC(=O)N[C@@H](Cc1c[nH]c2c(Cl)cccc12)C(=O)O. The number of carbonyl (C=O) groups is 2. The number of carbonyl (C=O) groups excluding carboxylic acids is 1. The van der Waals surface area contributed by atoms with Crippen molar-refractivity contribution in [2.24, 2.45) is 0 Å². The van der Waals surface area contributed by atoms with Crippen molar-refractivity contribution in [3.8, 4) is 0 Å². The quantitative estimate of drug-likeness (QED) is 0.800. The van der Waals surface area contributed by atoms with E-state index in [-0.39, 0.29) is 12.3 Å². The number of benzene rings is 1. The van der Waals surface area contributed by atoms with Crippen LogP contribution in [0.1, 0.15) is 12.5 Å². The summed E-state index contributed by atoms with van der Waals surface area (Å²) in [4.78, 5) is 25.1. The second-order valence-corrected chi connectivity index (χ2v) is 4.68. The van der Waals surface area contributed by atoms with Gasteiger partial charge in [0.1, 0.15) is 6.04 Å². The molecule has 0 unspecified atom stereocenters. The third kappa shape index (κ3) is 2.88. The van der Waals surface area contributed by atoms with Gasteiger partial charge in [-0.15, -0.1) is 0 Å². The summed E-state index contributed by atoms with van der Waals surface area (Å²) in [5.74, 6) is -1.43. The smallest absolute Gasteiger partial charge is 0.326 e. The molecular weight excluding hydrogens is 268 g/mol. The number of carboxylic acids is 1. The van der Waals surface area contributed by atoms with Gasteiger partial charge in [-0.25, -0.2) is 4.79 Å². The number of aromatic amines is 1. The van der Waals surface area contributed by atoms with Crippen molar-refractivity contribution in [1.82, 2.24) is 10.3 Å². The van der Waals surface area contributed by atoms with Crippen molar-refractivity contribution in [1.29, 1.82) is 0 Å². The van der Waals surface area contributed by atoms with E-state index in [1.54, 1.807) is 18.3 Å². The molecule has 100 valence electrons. The molecule has 1 amide bonds. The van der Waals surface area contributed by atoms with Gasteiger partial charge in [0.25, 0.3) is 0 Å². The molecule has 0 saturated carbocycles. The molecule has 1 atom stereocenters. The number of rotatable bonds is 4. The fraction of sp³-hybridized carbons (Fsp3) is 0.231. The third-order valence-corrected chi connectivity index (χ3v) is 3.16. The highest BCUT2D eigenvalue weighted by atomic mass is 35.5. The third-order valence-electron chi connectivity index (χ3n) is 2.85. The van der Waals surface area contributed by atoms with E-state index in [0.29, 0.717) is 5.02 Å². The van der Waals surface area contributed by atoms with Crippen molar-refractivity contribution in [2.75, 3.05) is 0 Å². The molecule has 0 aliphatic rings. The first-order chi connectivity index (χ1) is 8.99. The molecule has 0 aliphatic carbocycles. The molecule has 1 heterocycles. The second kappa shape index (κ2) is 5.32. The molecule has 0 spiro atoms. The Labute approximate surface area is 114 Å². The summed E-state index contributed by atoms with van der Waals surface area (Å²) in [5.41, 5.74) is 1.57. The Hall–Kier alpha value is -2.01. The van der Waals surface area contributed by atoms with Gasteiger partial charge < -0.3 is 15.4 Å². The number of amides is 1. The summed E-state index contributed by atoms with van der Waals surface area (Å²) >= 11 is 6.04. The Morgan fingerprint density at radius 3 is 2.84 bits per heavy atom. The lowest BCUT2D eigenvalue weighted by Gasteiger charge is -2.12. The van der Waals surface area contributed by atoms with Crippen molar-refractivity contribution in [3.63, 3.8) is 0 Å². The molecule has 0 radical (unpaired) electrons. The molecule has 2 rings (SSSR count). The molecule has 3 N–H and O–H groups in total. The number of aliphatic carboxylic acids is 1. The minimum Gasteiger partial charge on any atom is -0.480 e. The van der Waals surface area contributed by atoms with Crippen LogP contribution < -0.4 is 5.32 Å². The Balaban J connectivity index is 2.31. The van der Waals surface area contributed by atoms with Crippen LogP contribution in [-0.4, -0.2) is 28.0 Å². The van der Waals surface area contributed by atoms with Crippen LogP contribution in [0.4, 0.5) is 0 Å². The van der Waals surface area contributed by atoms with Gasteiger partial charge in [0.05, 0.1) is 10.5 Å². The Bertz CT molecular complexity index is 636. The number of hydrogen-bond acceptors (Lipinski definition) is 2. The highest BCUT2D eigenvalue weighted by Crippen LogP contribution is 2.25. The molecule has 2 aromatic rings. The fourth-order valence-corrected chi connectivity index (χ4v) is 2.24. The summed E-state index contributed by atoms with van der Waals surface area (Å²) in [6, 6.07) is 4.47. The van der Waals surface area contributed by atoms with Crippen molar-refractivity contribution in [2.45, 2.75) is 19.4 Å². The molecule has 0 aliphatic heterocycles. The van der Waals surface area contributed by atoms with Gasteiger partial charge in [-0.05, 0) is 11.6 Å². The minimum absolute atomic E-state index is 0.204. The standard InChI is InChI=1S/C13H13ClN2O3/c1-7(17)16-11(13(18)19)5-8-6-15-12-9(8)3-2-4-10(12)14/h2-4,6,11,15H,5H2,1H3,(H,16,17)(H,18,19)/t11-/m0/s1. The normalized spacial score (nSPS) is 12.3. The number of para-hydroxylation sites is 1. The van der Waals surface area contributed by atoms with Crippen LogP contribution in [0.25, 0.3) is 10.9 Å². The first-order valence-corrected chi connectivity index (χ1v) is 6.11. The monoisotopic (exact) mass is 280 g/mol. The number of H-pyrrole nitrogens is 1. The number of halogens is 1. The van der Waals surface area contributed by atoms with E-state index < -0.39 is 12.0 Å². The molecule has 1 aromatic carbocycles. The lowest BCUT2D eigenvalue weighted by molar-refractivity contribution is -0.141. The molecule has 1 aromatic heterocycles. The number of nitrogens with one attached hydrogen (secondary N) is 2. The first kappa shape index (κ1) is 13.4. The Kier molecular flexibility index (Phi) is 3.76. The van der Waals surface area contributed by atoms with Gasteiger partial charge in [0, 0.05) is 24.9 Å². The largest absolute Gasteiger partial charge is 0.480 e. The Morgan fingerprint density at radius 2 is 2.21 bits per heavy atom. The molecule has 6 heteroatoms. The highest BCUT2D eigenvalue weighted by molar-refractivity contribution is 6.35. The van der Waals surface area contributed by atoms with E-state index in [1.165, 1.54) is 6.92 Å². The molecule has 0 bridgehead atoms. The summed E-state index contributed by atoms with van der Waals surface area (Å²) in [5, 5.41) is 13.0. The lowest BCUT2D eigenvalue weighted by atomic mass is 10.1. The lowest BCUT2D eigenvalue weighted by Crippen LogP contribution is -2.41. The maximum atomic E-state index is 11.1. The molecule has 0 fully saturated rings. The van der Waals surface area contributed by atoms with E-state index >= 15 is 0 Å².